The smallest absolute Gasteiger partial charge is 0.147 e. The summed E-state index contributed by atoms with van der Waals surface area (Å²) in [6.07, 6.45) is 8.20. The topological polar surface area (TPSA) is 51.9 Å². The lowest BCUT2D eigenvalue weighted by Crippen LogP contribution is -2.27. The molecule has 2 atom stereocenters. The number of aromatic amines is 1. The average Bonchev–Trinajstić information content (AvgIpc) is 3.40. The standard InChI is InChI=1S/C19H17F2N.C9H15N3S.C2H6/c1-11-9-15-17(12-3-2-4-12)18(22-19(15)16(21)10-11)13-5-7-14(20)8-6-13;1-6-11-8-4-3-7(13-10-2)5-9(8)12-6;1-2/h5-10,12,22H,2-4H2,1H3;5,7-8,10-12H,1,3-4H2,2H3;1-2H3. The van der Waals surface area contributed by atoms with Gasteiger partial charge in [-0.15, -0.1) is 0 Å². The van der Waals surface area contributed by atoms with E-state index in [1.54, 1.807) is 30.1 Å². The first-order valence-corrected chi connectivity index (χ1v) is 14.1. The average molecular weight is 525 g/mol. The predicted octanol–water partition coefficient (Wildman–Crippen LogP) is 7.65. The van der Waals surface area contributed by atoms with E-state index in [0.717, 1.165) is 40.9 Å². The molecule has 1 aliphatic heterocycles. The molecule has 1 saturated carbocycles. The molecule has 0 bridgehead atoms. The van der Waals surface area contributed by atoms with Crippen LogP contribution in [0.2, 0.25) is 0 Å². The molecule has 3 aromatic rings. The van der Waals surface area contributed by atoms with Gasteiger partial charge in [0.15, 0.2) is 0 Å². The van der Waals surface area contributed by atoms with E-state index in [1.807, 2.05) is 27.8 Å². The summed E-state index contributed by atoms with van der Waals surface area (Å²) in [5.41, 5.74) is 5.82. The van der Waals surface area contributed by atoms with Crippen LogP contribution >= 0.6 is 11.9 Å². The van der Waals surface area contributed by atoms with Crippen LogP contribution in [0.25, 0.3) is 22.2 Å². The van der Waals surface area contributed by atoms with E-state index in [-0.39, 0.29) is 11.6 Å². The number of nitrogens with one attached hydrogen (secondary N) is 4. The Balaban J connectivity index is 0.000000182. The third kappa shape index (κ3) is 6.04. The van der Waals surface area contributed by atoms with Crippen molar-refractivity contribution in [3.63, 3.8) is 0 Å². The Morgan fingerprint density at radius 3 is 2.41 bits per heavy atom. The largest absolute Gasteiger partial charge is 0.364 e. The Kier molecular flexibility index (Phi) is 8.98. The van der Waals surface area contributed by atoms with Crippen molar-refractivity contribution in [2.24, 2.45) is 0 Å². The van der Waals surface area contributed by atoms with E-state index in [0.29, 0.717) is 22.7 Å². The maximum absolute atomic E-state index is 14.3. The van der Waals surface area contributed by atoms with Crippen LogP contribution in [-0.4, -0.2) is 23.3 Å². The summed E-state index contributed by atoms with van der Waals surface area (Å²) in [5, 5.41) is 8.14. The third-order valence-corrected chi connectivity index (χ3v) is 7.99. The number of halogens is 2. The summed E-state index contributed by atoms with van der Waals surface area (Å²) in [7, 11) is 1.97. The monoisotopic (exact) mass is 524 g/mol. The summed E-state index contributed by atoms with van der Waals surface area (Å²) in [6, 6.07) is 10.5. The van der Waals surface area contributed by atoms with Gasteiger partial charge in [0, 0.05) is 16.3 Å². The SMILES string of the molecule is C=C1NC2=CC(SNC)CCC2N1.CC.Cc1cc(F)c2[nH]c(-c3ccc(F)cc3)c(C3CCC3)c2c1. The van der Waals surface area contributed by atoms with Gasteiger partial charge < -0.3 is 15.6 Å². The summed E-state index contributed by atoms with van der Waals surface area (Å²) in [6.45, 7) is 9.78. The molecule has 198 valence electrons. The van der Waals surface area contributed by atoms with Gasteiger partial charge in [-0.2, -0.15) is 0 Å². The highest BCUT2D eigenvalue weighted by molar-refractivity contribution is 7.98. The zero-order valence-corrected chi connectivity index (χ0v) is 23.0. The fourth-order valence-corrected chi connectivity index (χ4v) is 5.98. The maximum atomic E-state index is 14.3. The van der Waals surface area contributed by atoms with E-state index in [9.17, 15) is 8.78 Å². The second-order valence-electron chi connectivity index (χ2n) is 9.58. The molecule has 3 aliphatic rings. The molecule has 7 heteroatoms. The lowest BCUT2D eigenvalue weighted by atomic mass is 9.78. The summed E-state index contributed by atoms with van der Waals surface area (Å²) in [4.78, 5) is 3.25. The van der Waals surface area contributed by atoms with Gasteiger partial charge >= 0.3 is 0 Å². The van der Waals surface area contributed by atoms with Crippen molar-refractivity contribution >= 4 is 22.9 Å². The second kappa shape index (κ2) is 12.2. The van der Waals surface area contributed by atoms with Crippen molar-refractivity contribution in [3.8, 4) is 11.3 Å². The summed E-state index contributed by atoms with van der Waals surface area (Å²) >= 11 is 1.78. The molecule has 2 heterocycles. The van der Waals surface area contributed by atoms with Gasteiger partial charge in [-0.3, -0.25) is 4.72 Å². The Morgan fingerprint density at radius 1 is 1.03 bits per heavy atom. The normalized spacial score (nSPS) is 20.4. The molecule has 2 unspecified atom stereocenters. The van der Waals surface area contributed by atoms with Gasteiger partial charge in [-0.05, 0) is 105 Å². The number of benzene rings is 2. The van der Waals surface area contributed by atoms with Crippen LogP contribution in [0.5, 0.6) is 0 Å². The first-order valence-electron chi connectivity index (χ1n) is 13.3. The van der Waals surface area contributed by atoms with Crippen LogP contribution in [0.4, 0.5) is 8.78 Å². The molecule has 6 rings (SSSR count). The number of aromatic nitrogens is 1. The van der Waals surface area contributed by atoms with Crippen LogP contribution in [0.15, 0.2) is 60.6 Å². The molecule has 4 nitrogen and oxygen atoms in total. The highest BCUT2D eigenvalue weighted by atomic mass is 32.2. The van der Waals surface area contributed by atoms with Crippen molar-refractivity contribution in [2.45, 2.75) is 70.1 Å². The molecule has 2 aliphatic carbocycles. The number of hydrogen-bond donors (Lipinski definition) is 4. The molecule has 37 heavy (non-hydrogen) atoms. The molecule has 0 spiro atoms. The molecule has 2 aromatic carbocycles. The Hall–Kier alpha value is -2.77. The second-order valence-corrected chi connectivity index (χ2v) is 10.8. The molecular formula is C30H38F2N4S. The predicted molar refractivity (Wildman–Crippen MR) is 153 cm³/mol. The molecule has 0 amide bonds. The zero-order chi connectivity index (χ0) is 26.5. The van der Waals surface area contributed by atoms with E-state index in [1.165, 1.54) is 42.7 Å². The minimum atomic E-state index is -0.257. The lowest BCUT2D eigenvalue weighted by Gasteiger charge is -2.26. The van der Waals surface area contributed by atoms with Crippen LogP contribution in [0.3, 0.4) is 0 Å². The maximum Gasteiger partial charge on any atom is 0.147 e. The van der Waals surface area contributed by atoms with Crippen molar-refractivity contribution < 1.29 is 8.78 Å². The number of H-pyrrole nitrogens is 1. The summed E-state index contributed by atoms with van der Waals surface area (Å²) < 4.78 is 30.6. The van der Waals surface area contributed by atoms with Gasteiger partial charge in [0.1, 0.15) is 11.6 Å². The van der Waals surface area contributed by atoms with Crippen LogP contribution in [-0.2, 0) is 0 Å². The zero-order valence-electron chi connectivity index (χ0n) is 22.2. The molecule has 0 radical (unpaired) electrons. The van der Waals surface area contributed by atoms with Crippen molar-refractivity contribution in [3.05, 3.63) is 83.3 Å². The van der Waals surface area contributed by atoms with E-state index < -0.39 is 0 Å². The highest BCUT2D eigenvalue weighted by Gasteiger charge is 2.28. The third-order valence-electron chi connectivity index (χ3n) is 7.08. The van der Waals surface area contributed by atoms with Crippen molar-refractivity contribution in [1.82, 2.24) is 20.3 Å². The first kappa shape index (κ1) is 27.3. The fourth-order valence-electron chi connectivity index (χ4n) is 5.20. The van der Waals surface area contributed by atoms with E-state index in [2.05, 4.69) is 39.1 Å². The van der Waals surface area contributed by atoms with Gasteiger partial charge in [0.2, 0.25) is 0 Å². The minimum Gasteiger partial charge on any atom is -0.364 e. The number of rotatable bonds is 4. The van der Waals surface area contributed by atoms with Gasteiger partial charge in [0.05, 0.1) is 23.1 Å². The minimum absolute atomic E-state index is 0.219. The van der Waals surface area contributed by atoms with E-state index in [4.69, 9.17) is 0 Å². The Morgan fingerprint density at radius 2 is 1.76 bits per heavy atom. The quantitative estimate of drug-likeness (QED) is 0.265. The van der Waals surface area contributed by atoms with Gasteiger partial charge in [-0.25, -0.2) is 8.78 Å². The van der Waals surface area contributed by atoms with Gasteiger partial charge in [0.25, 0.3) is 0 Å². The number of fused-ring (bicyclic) bond motifs is 2. The number of hydrogen-bond acceptors (Lipinski definition) is 4. The Bertz CT molecular complexity index is 1260. The number of aryl methyl sites for hydroxylation is 1. The lowest BCUT2D eigenvalue weighted by molar-refractivity contribution is 0.423. The van der Waals surface area contributed by atoms with Crippen molar-refractivity contribution in [1.29, 1.82) is 0 Å². The van der Waals surface area contributed by atoms with Gasteiger partial charge in [-0.1, -0.05) is 38.8 Å². The van der Waals surface area contributed by atoms with Crippen LogP contribution in [0.1, 0.15) is 63.0 Å². The highest BCUT2D eigenvalue weighted by Crippen LogP contribution is 2.45. The molecule has 1 aromatic heterocycles. The van der Waals surface area contributed by atoms with Crippen LogP contribution < -0.4 is 15.4 Å². The fraction of sp³-hybridized carbons (Fsp3) is 0.400. The molecule has 2 fully saturated rings. The summed E-state index contributed by atoms with van der Waals surface area (Å²) in [5.74, 6) is 0.928. The van der Waals surface area contributed by atoms with Crippen molar-refractivity contribution in [2.75, 3.05) is 7.05 Å². The van der Waals surface area contributed by atoms with Crippen LogP contribution in [0, 0.1) is 18.6 Å². The first-order chi connectivity index (χ1) is 17.9. The molecular weight excluding hydrogens is 486 g/mol. The van der Waals surface area contributed by atoms with E-state index >= 15 is 0 Å². The Labute approximate surface area is 223 Å². The molecule has 1 saturated heterocycles. The molecule has 4 N–H and O–H groups in total.